The summed E-state index contributed by atoms with van der Waals surface area (Å²) in [6.45, 7) is 3.39. The summed E-state index contributed by atoms with van der Waals surface area (Å²) in [5, 5.41) is 15.8. The summed E-state index contributed by atoms with van der Waals surface area (Å²) in [5.74, 6) is 0.859. The van der Waals surface area contributed by atoms with Gasteiger partial charge < -0.3 is 10.1 Å². The molecule has 0 atom stereocenters. The van der Waals surface area contributed by atoms with Crippen LogP contribution in [-0.2, 0) is 6.54 Å². The van der Waals surface area contributed by atoms with Gasteiger partial charge in [-0.3, -0.25) is 15.1 Å². The van der Waals surface area contributed by atoms with Crippen molar-refractivity contribution in [1.82, 2.24) is 4.98 Å². The Morgan fingerprint density at radius 2 is 1.92 bits per heavy atom. The lowest BCUT2D eigenvalue weighted by atomic mass is 10.1. The fourth-order valence-electron chi connectivity index (χ4n) is 2.61. The molecule has 0 saturated heterocycles. The molecule has 0 radical (unpaired) electrons. The van der Waals surface area contributed by atoms with Crippen LogP contribution in [0.15, 0.2) is 54.9 Å². The first kappa shape index (κ1) is 16.7. The normalized spacial score (nSPS) is 10.6. The topological polar surface area (TPSA) is 77.3 Å². The Hall–Kier alpha value is -3.15. The third-order valence-electron chi connectivity index (χ3n) is 3.87. The molecule has 3 aromatic rings. The second kappa shape index (κ2) is 7.61. The number of nitrogens with one attached hydrogen (secondary N) is 1. The van der Waals surface area contributed by atoms with Crippen molar-refractivity contribution in [2.45, 2.75) is 19.9 Å². The molecule has 0 bridgehead atoms. The Bertz CT molecular complexity index is 879. The van der Waals surface area contributed by atoms with E-state index >= 15 is 0 Å². The highest BCUT2D eigenvalue weighted by Crippen LogP contribution is 2.31. The lowest BCUT2D eigenvalue weighted by Crippen LogP contribution is -2.01. The van der Waals surface area contributed by atoms with Gasteiger partial charge in [-0.15, -0.1) is 0 Å². The predicted molar refractivity (Wildman–Crippen MR) is 98.0 cm³/mol. The number of nitro benzene ring substituents is 1. The Kier molecular flexibility index (Phi) is 5.09. The number of ether oxygens (including phenoxy) is 1. The van der Waals surface area contributed by atoms with Crippen LogP contribution in [0, 0.1) is 10.1 Å². The molecule has 0 aliphatic carbocycles. The van der Waals surface area contributed by atoms with Gasteiger partial charge in [0.25, 0.3) is 5.69 Å². The zero-order valence-corrected chi connectivity index (χ0v) is 13.9. The Labute approximate surface area is 145 Å². The van der Waals surface area contributed by atoms with E-state index in [0.717, 1.165) is 28.8 Å². The van der Waals surface area contributed by atoms with E-state index in [1.807, 2.05) is 24.3 Å². The number of aromatic nitrogens is 1. The van der Waals surface area contributed by atoms with Crippen LogP contribution in [0.25, 0.3) is 10.8 Å². The van der Waals surface area contributed by atoms with Crippen molar-refractivity contribution in [1.29, 1.82) is 0 Å². The van der Waals surface area contributed by atoms with E-state index in [1.54, 1.807) is 18.3 Å². The lowest BCUT2D eigenvalue weighted by molar-refractivity contribution is -0.383. The van der Waals surface area contributed by atoms with E-state index in [4.69, 9.17) is 4.74 Å². The lowest BCUT2D eigenvalue weighted by Gasteiger charge is -2.11. The van der Waals surface area contributed by atoms with E-state index in [2.05, 4.69) is 17.2 Å². The average molecular weight is 337 g/mol. The molecular formula is C19H19N3O3. The Morgan fingerprint density at radius 3 is 2.64 bits per heavy atom. The molecule has 0 saturated carbocycles. The van der Waals surface area contributed by atoms with Crippen LogP contribution in [0.5, 0.6) is 5.75 Å². The molecule has 0 unspecified atom stereocenters. The smallest absolute Gasteiger partial charge is 0.278 e. The van der Waals surface area contributed by atoms with Crippen LogP contribution < -0.4 is 10.1 Å². The minimum absolute atomic E-state index is 0.0612. The fourth-order valence-corrected chi connectivity index (χ4v) is 2.61. The van der Waals surface area contributed by atoms with E-state index < -0.39 is 0 Å². The second-order valence-corrected chi connectivity index (χ2v) is 5.66. The number of anilines is 1. The van der Waals surface area contributed by atoms with Gasteiger partial charge in [0, 0.05) is 36.1 Å². The molecule has 6 heteroatoms. The Morgan fingerprint density at radius 1 is 1.12 bits per heavy atom. The maximum Gasteiger partial charge on any atom is 0.278 e. The summed E-state index contributed by atoms with van der Waals surface area (Å²) in [7, 11) is 0. The third-order valence-corrected chi connectivity index (χ3v) is 3.87. The highest BCUT2D eigenvalue weighted by Gasteiger charge is 2.14. The summed E-state index contributed by atoms with van der Waals surface area (Å²) in [5.41, 5.74) is 2.00. The number of non-ortho nitro benzene ring substituents is 1. The average Bonchev–Trinajstić information content (AvgIpc) is 2.65. The third kappa shape index (κ3) is 3.85. The SMILES string of the molecule is CCCOc1ccc(CNc2ccc([N+](=O)[O-])c3cnccc23)cc1. The van der Waals surface area contributed by atoms with Gasteiger partial charge in [-0.2, -0.15) is 0 Å². The number of benzene rings is 2. The molecule has 0 spiro atoms. The standard InChI is InChI=1S/C19H19N3O3/c1-2-11-25-15-5-3-14(4-6-15)12-21-18-7-8-19(22(23)24)17-13-20-10-9-16(17)18/h3-10,13,21H,2,11-12H2,1H3. The highest BCUT2D eigenvalue weighted by molar-refractivity contribution is 5.99. The minimum atomic E-state index is -0.386. The fraction of sp³-hybridized carbons (Fsp3) is 0.211. The molecule has 1 N–H and O–H groups in total. The number of nitro groups is 1. The summed E-state index contributed by atoms with van der Waals surface area (Å²) in [6.07, 6.45) is 4.14. The van der Waals surface area contributed by atoms with Gasteiger partial charge in [0.15, 0.2) is 0 Å². The van der Waals surface area contributed by atoms with Crippen LogP contribution in [0.4, 0.5) is 11.4 Å². The molecule has 0 aliphatic rings. The molecule has 2 aromatic carbocycles. The first-order valence-corrected chi connectivity index (χ1v) is 8.15. The van der Waals surface area contributed by atoms with Gasteiger partial charge in [-0.25, -0.2) is 0 Å². The number of fused-ring (bicyclic) bond motifs is 1. The number of hydrogen-bond donors (Lipinski definition) is 1. The van der Waals surface area contributed by atoms with Gasteiger partial charge in [0.05, 0.1) is 16.9 Å². The van der Waals surface area contributed by atoms with Gasteiger partial charge in [-0.05, 0) is 36.2 Å². The molecule has 6 nitrogen and oxygen atoms in total. The Balaban J connectivity index is 1.77. The number of hydrogen-bond acceptors (Lipinski definition) is 5. The molecular weight excluding hydrogens is 318 g/mol. The second-order valence-electron chi connectivity index (χ2n) is 5.66. The first-order chi connectivity index (χ1) is 12.2. The van der Waals surface area contributed by atoms with Crippen molar-refractivity contribution in [3.05, 3.63) is 70.5 Å². The highest BCUT2D eigenvalue weighted by atomic mass is 16.6. The van der Waals surface area contributed by atoms with E-state index in [9.17, 15) is 10.1 Å². The minimum Gasteiger partial charge on any atom is -0.494 e. The van der Waals surface area contributed by atoms with Crippen molar-refractivity contribution in [3.63, 3.8) is 0 Å². The summed E-state index contributed by atoms with van der Waals surface area (Å²) in [4.78, 5) is 14.8. The van der Waals surface area contributed by atoms with Crippen LogP contribution in [0.1, 0.15) is 18.9 Å². The molecule has 3 rings (SSSR count). The van der Waals surface area contributed by atoms with Crippen LogP contribution in [-0.4, -0.2) is 16.5 Å². The zero-order chi connectivity index (χ0) is 17.6. The maximum atomic E-state index is 11.2. The van der Waals surface area contributed by atoms with Crippen molar-refractivity contribution >= 4 is 22.1 Å². The van der Waals surface area contributed by atoms with Gasteiger partial charge in [0.2, 0.25) is 0 Å². The summed E-state index contributed by atoms with van der Waals surface area (Å²) in [6, 6.07) is 12.9. The van der Waals surface area contributed by atoms with Gasteiger partial charge in [-0.1, -0.05) is 19.1 Å². The molecule has 1 aromatic heterocycles. The van der Waals surface area contributed by atoms with Crippen molar-refractivity contribution < 1.29 is 9.66 Å². The molecule has 25 heavy (non-hydrogen) atoms. The quantitative estimate of drug-likeness (QED) is 0.506. The maximum absolute atomic E-state index is 11.2. The number of nitrogens with zero attached hydrogens (tertiary/aromatic N) is 2. The van der Waals surface area contributed by atoms with E-state index in [1.165, 1.54) is 12.3 Å². The predicted octanol–water partition coefficient (Wildman–Crippen LogP) is 4.54. The van der Waals surface area contributed by atoms with Gasteiger partial charge >= 0.3 is 0 Å². The first-order valence-electron chi connectivity index (χ1n) is 8.15. The largest absolute Gasteiger partial charge is 0.494 e. The monoisotopic (exact) mass is 337 g/mol. The van der Waals surface area contributed by atoms with Crippen LogP contribution >= 0.6 is 0 Å². The molecule has 1 heterocycles. The summed E-state index contributed by atoms with van der Waals surface area (Å²) < 4.78 is 5.57. The molecule has 0 aliphatic heterocycles. The number of pyridine rings is 1. The molecule has 128 valence electrons. The van der Waals surface area contributed by atoms with Crippen LogP contribution in [0.3, 0.4) is 0 Å². The van der Waals surface area contributed by atoms with Crippen molar-refractivity contribution in [3.8, 4) is 5.75 Å². The molecule has 0 fully saturated rings. The van der Waals surface area contributed by atoms with Crippen LogP contribution in [0.2, 0.25) is 0 Å². The van der Waals surface area contributed by atoms with E-state index in [-0.39, 0.29) is 10.6 Å². The van der Waals surface area contributed by atoms with Gasteiger partial charge in [0.1, 0.15) is 5.75 Å². The van der Waals surface area contributed by atoms with E-state index in [0.29, 0.717) is 18.5 Å². The summed E-state index contributed by atoms with van der Waals surface area (Å²) >= 11 is 0. The van der Waals surface area contributed by atoms with Crippen molar-refractivity contribution in [2.24, 2.45) is 0 Å². The number of rotatable bonds is 7. The molecule has 0 amide bonds. The zero-order valence-electron chi connectivity index (χ0n) is 13.9. The van der Waals surface area contributed by atoms with Crippen molar-refractivity contribution in [2.75, 3.05) is 11.9 Å².